The topological polar surface area (TPSA) is 90.3 Å². The number of aliphatic hydroxyl groups is 2. The van der Waals surface area contributed by atoms with E-state index in [1.54, 1.807) is 18.2 Å². The molecule has 0 amide bonds. The molecule has 0 heterocycles. The van der Waals surface area contributed by atoms with Crippen molar-refractivity contribution in [2.75, 3.05) is 5.73 Å². The monoisotopic (exact) mass is 334 g/mol. The van der Waals surface area contributed by atoms with E-state index >= 15 is 0 Å². The molecule has 4 N–H and O–H groups in total. The van der Waals surface area contributed by atoms with Gasteiger partial charge in [0.2, 0.25) is 0 Å². The van der Waals surface area contributed by atoms with E-state index < -0.39 is 12.2 Å². The lowest BCUT2D eigenvalue weighted by atomic mass is 10.0. The highest BCUT2D eigenvalue weighted by molar-refractivity contribution is 9.11. The van der Waals surface area contributed by atoms with Crippen LogP contribution >= 0.6 is 31.9 Å². The maximum Gasteiger partial charge on any atom is 0.170 e. The molecule has 2 unspecified atom stereocenters. The molecular formula is C9H8Br2N2O2. The van der Waals surface area contributed by atoms with Crippen molar-refractivity contribution < 1.29 is 10.2 Å². The van der Waals surface area contributed by atoms with Crippen LogP contribution in [-0.2, 0) is 0 Å². The first-order chi connectivity index (χ1) is 6.97. The van der Waals surface area contributed by atoms with E-state index in [1.165, 1.54) is 0 Å². The molecule has 6 heteroatoms. The number of anilines is 1. The molecule has 80 valence electrons. The van der Waals surface area contributed by atoms with E-state index in [9.17, 15) is 10.2 Å². The van der Waals surface area contributed by atoms with Crippen LogP contribution in [0.3, 0.4) is 0 Å². The van der Waals surface area contributed by atoms with E-state index in [1.807, 2.05) is 0 Å². The maximum absolute atomic E-state index is 9.62. The van der Waals surface area contributed by atoms with Crippen LogP contribution in [0.4, 0.5) is 5.69 Å². The van der Waals surface area contributed by atoms with Crippen molar-refractivity contribution in [3.8, 4) is 6.07 Å². The molecule has 0 aliphatic rings. The average molecular weight is 336 g/mol. The zero-order valence-corrected chi connectivity index (χ0v) is 10.7. The number of nitrogens with two attached hydrogens (primary N) is 1. The summed E-state index contributed by atoms with van der Waals surface area (Å²) in [5.41, 5.74) is 6.31. The summed E-state index contributed by atoms with van der Waals surface area (Å²) in [6.07, 6.45) is -2.81. The number of nitrogen functional groups attached to an aromatic ring is 1. The Bertz CT molecular complexity index is 417. The van der Waals surface area contributed by atoms with Gasteiger partial charge in [-0.3, -0.25) is 0 Å². The Morgan fingerprint density at radius 2 is 1.93 bits per heavy atom. The summed E-state index contributed by atoms with van der Waals surface area (Å²) in [6.45, 7) is 0. The number of nitriles is 1. The second-order valence-corrected chi connectivity index (χ2v) is 4.68. The standard InChI is InChI=1S/C9H8Br2N2O2/c10-4-1-5(8(13)6(11)2-4)9(15)7(14)3-12/h1-2,7,9,14-15H,13H2. The third-order valence-electron chi connectivity index (χ3n) is 1.88. The predicted molar refractivity (Wildman–Crippen MR) is 62.8 cm³/mol. The Kier molecular flexibility index (Phi) is 4.11. The molecule has 0 aromatic heterocycles. The SMILES string of the molecule is N#CC(O)C(O)c1cc(Br)cc(Br)c1N. The summed E-state index contributed by atoms with van der Waals surface area (Å²) in [5, 5.41) is 27.3. The fraction of sp³-hybridized carbons (Fsp3) is 0.222. The average Bonchev–Trinajstić information content (AvgIpc) is 2.21. The summed E-state index contributed by atoms with van der Waals surface area (Å²) < 4.78 is 1.29. The maximum atomic E-state index is 9.62. The molecule has 0 bridgehead atoms. The van der Waals surface area contributed by atoms with E-state index in [4.69, 9.17) is 11.0 Å². The third-order valence-corrected chi connectivity index (χ3v) is 2.99. The van der Waals surface area contributed by atoms with Crippen LogP contribution in [0, 0.1) is 11.3 Å². The Morgan fingerprint density at radius 3 is 2.47 bits per heavy atom. The highest BCUT2D eigenvalue weighted by Gasteiger charge is 2.21. The minimum atomic E-state index is -1.49. The van der Waals surface area contributed by atoms with Gasteiger partial charge < -0.3 is 15.9 Å². The summed E-state index contributed by atoms with van der Waals surface area (Å²) in [6, 6.07) is 4.82. The summed E-state index contributed by atoms with van der Waals surface area (Å²) >= 11 is 6.43. The predicted octanol–water partition coefficient (Wildman–Crippen LogP) is 1.71. The van der Waals surface area contributed by atoms with Crippen molar-refractivity contribution in [3.05, 3.63) is 26.6 Å². The van der Waals surface area contributed by atoms with E-state index in [2.05, 4.69) is 31.9 Å². The first-order valence-electron chi connectivity index (χ1n) is 3.97. The Balaban J connectivity index is 3.20. The lowest BCUT2D eigenvalue weighted by molar-refractivity contribution is 0.0532. The van der Waals surface area contributed by atoms with Crippen LogP contribution in [0.15, 0.2) is 21.1 Å². The van der Waals surface area contributed by atoms with Crippen LogP contribution in [0.1, 0.15) is 11.7 Å². The van der Waals surface area contributed by atoms with Crippen LogP contribution in [-0.4, -0.2) is 16.3 Å². The van der Waals surface area contributed by atoms with Crippen molar-refractivity contribution in [1.82, 2.24) is 0 Å². The quantitative estimate of drug-likeness (QED) is 0.567. The number of halogens is 2. The summed E-state index contributed by atoms with van der Waals surface area (Å²) in [7, 11) is 0. The second kappa shape index (κ2) is 4.94. The number of rotatable bonds is 2. The zero-order valence-electron chi connectivity index (χ0n) is 7.48. The molecule has 0 saturated carbocycles. The van der Waals surface area contributed by atoms with Crippen molar-refractivity contribution >= 4 is 37.5 Å². The van der Waals surface area contributed by atoms with Crippen molar-refractivity contribution in [3.63, 3.8) is 0 Å². The first kappa shape index (κ1) is 12.5. The highest BCUT2D eigenvalue weighted by atomic mass is 79.9. The fourth-order valence-electron chi connectivity index (χ4n) is 1.09. The molecule has 0 saturated heterocycles. The number of aliphatic hydroxyl groups excluding tert-OH is 2. The molecule has 4 nitrogen and oxygen atoms in total. The fourth-order valence-corrected chi connectivity index (χ4v) is 2.35. The van der Waals surface area contributed by atoms with E-state index in [-0.39, 0.29) is 0 Å². The van der Waals surface area contributed by atoms with Crippen LogP contribution in [0.5, 0.6) is 0 Å². The van der Waals surface area contributed by atoms with Crippen LogP contribution < -0.4 is 5.73 Å². The van der Waals surface area contributed by atoms with Crippen molar-refractivity contribution in [2.45, 2.75) is 12.2 Å². The number of benzene rings is 1. The van der Waals surface area contributed by atoms with E-state index in [0.29, 0.717) is 20.2 Å². The van der Waals surface area contributed by atoms with Gasteiger partial charge in [-0.1, -0.05) is 15.9 Å². The van der Waals surface area contributed by atoms with Crippen LogP contribution in [0.25, 0.3) is 0 Å². The molecule has 15 heavy (non-hydrogen) atoms. The molecule has 2 atom stereocenters. The van der Waals surface area contributed by atoms with Gasteiger partial charge in [-0.25, -0.2) is 0 Å². The van der Waals surface area contributed by atoms with Gasteiger partial charge in [-0.15, -0.1) is 0 Å². The molecule has 0 spiro atoms. The van der Waals surface area contributed by atoms with E-state index in [0.717, 1.165) is 0 Å². The highest BCUT2D eigenvalue weighted by Crippen LogP contribution is 2.33. The Morgan fingerprint density at radius 1 is 1.33 bits per heavy atom. The second-order valence-electron chi connectivity index (χ2n) is 2.91. The summed E-state index contributed by atoms with van der Waals surface area (Å²) in [5.74, 6) is 0. The molecule has 1 aromatic rings. The lowest BCUT2D eigenvalue weighted by Crippen LogP contribution is -2.17. The van der Waals surface area contributed by atoms with Gasteiger partial charge in [0.15, 0.2) is 6.10 Å². The minimum Gasteiger partial charge on any atom is -0.398 e. The third kappa shape index (κ3) is 2.69. The van der Waals surface area contributed by atoms with Gasteiger partial charge in [0.05, 0.1) is 11.8 Å². The molecule has 1 rings (SSSR count). The molecule has 1 aromatic carbocycles. The molecule has 0 aliphatic carbocycles. The molecule has 0 radical (unpaired) electrons. The van der Waals surface area contributed by atoms with Gasteiger partial charge in [-0.2, -0.15) is 5.26 Å². The number of hydrogen-bond donors (Lipinski definition) is 3. The van der Waals surface area contributed by atoms with Gasteiger partial charge in [-0.05, 0) is 28.1 Å². The smallest absolute Gasteiger partial charge is 0.170 e. The van der Waals surface area contributed by atoms with Crippen molar-refractivity contribution in [1.29, 1.82) is 5.26 Å². The van der Waals surface area contributed by atoms with Gasteiger partial charge in [0.25, 0.3) is 0 Å². The largest absolute Gasteiger partial charge is 0.398 e. The van der Waals surface area contributed by atoms with Crippen molar-refractivity contribution in [2.24, 2.45) is 0 Å². The number of hydrogen-bond acceptors (Lipinski definition) is 4. The van der Waals surface area contributed by atoms with Gasteiger partial charge in [0, 0.05) is 14.5 Å². The molecule has 0 fully saturated rings. The summed E-state index contributed by atoms with van der Waals surface area (Å²) in [4.78, 5) is 0. The zero-order chi connectivity index (χ0) is 11.6. The Labute approximate surface area is 104 Å². The first-order valence-corrected chi connectivity index (χ1v) is 5.56. The normalized spacial score (nSPS) is 14.3. The molecule has 0 aliphatic heterocycles. The minimum absolute atomic E-state index is 0.306. The molecular weight excluding hydrogens is 328 g/mol. The van der Waals surface area contributed by atoms with Gasteiger partial charge >= 0.3 is 0 Å². The van der Waals surface area contributed by atoms with Crippen LogP contribution in [0.2, 0.25) is 0 Å². The Hall–Kier alpha value is -0.610. The number of nitrogens with zero attached hydrogens (tertiary/aromatic N) is 1. The van der Waals surface area contributed by atoms with Gasteiger partial charge in [0.1, 0.15) is 6.10 Å². The lowest BCUT2D eigenvalue weighted by Gasteiger charge is -2.15.